The number of hydrogen-bond acceptors (Lipinski definition) is 6. The largest absolute Gasteiger partial charge is 0.462 e. The molecule has 468 valence electrons. The van der Waals surface area contributed by atoms with E-state index in [1.54, 1.807) is 0 Å². The third kappa shape index (κ3) is 67.7. The van der Waals surface area contributed by atoms with Gasteiger partial charge in [-0.2, -0.15) is 0 Å². The molecule has 83 heavy (non-hydrogen) atoms. The quantitative estimate of drug-likeness (QED) is 0.0261. The lowest BCUT2D eigenvalue weighted by atomic mass is 10.1. The van der Waals surface area contributed by atoms with Crippen LogP contribution in [-0.4, -0.2) is 37.2 Å². The second-order valence-corrected chi connectivity index (χ2v) is 22.0. The van der Waals surface area contributed by atoms with Crippen molar-refractivity contribution in [1.82, 2.24) is 0 Å². The molecule has 0 saturated carbocycles. The second-order valence-electron chi connectivity index (χ2n) is 22.0. The number of rotatable bonds is 60. The van der Waals surface area contributed by atoms with Gasteiger partial charge in [-0.3, -0.25) is 14.4 Å². The van der Waals surface area contributed by atoms with Gasteiger partial charge in [0, 0.05) is 19.3 Å². The Morgan fingerprint density at radius 2 is 0.470 bits per heavy atom. The highest BCUT2D eigenvalue weighted by Gasteiger charge is 2.19. The van der Waals surface area contributed by atoms with Crippen LogP contribution >= 0.6 is 0 Å². The molecule has 0 aliphatic carbocycles. The van der Waals surface area contributed by atoms with Crippen LogP contribution in [0.3, 0.4) is 0 Å². The summed E-state index contributed by atoms with van der Waals surface area (Å²) in [5.74, 6) is -0.934. The Morgan fingerprint density at radius 3 is 0.735 bits per heavy atom. The highest BCUT2D eigenvalue weighted by Crippen LogP contribution is 2.15. The molecule has 0 bridgehead atoms. The van der Waals surface area contributed by atoms with Crippen LogP contribution in [0.4, 0.5) is 0 Å². The number of carbonyl (C=O) groups is 3. The summed E-state index contributed by atoms with van der Waals surface area (Å²) >= 11 is 0. The van der Waals surface area contributed by atoms with E-state index in [9.17, 15) is 14.4 Å². The van der Waals surface area contributed by atoms with E-state index in [0.717, 1.165) is 167 Å². The first kappa shape index (κ1) is 78.0. The molecule has 0 fully saturated rings. The molecule has 0 rings (SSSR count). The standard InChI is InChI=1S/C77H124O6/c1-4-7-10-13-16-19-22-25-28-31-34-35-36-37-38-39-40-41-44-46-49-52-55-58-61-64-67-70-76(79)82-73-74(83-77(80)71-68-65-62-59-56-53-50-47-43-33-30-27-24-21-18-15-12-9-6-3)72-81-75(78)69-66-63-60-57-54-51-48-45-42-32-29-26-23-20-17-14-11-8-5-2/h7,9-10,12,16-21,25-30,34-35,37-38,40-41,43,46-47,49,74H,4-6,8,11,13-15,22-24,31-33,36,39,42,44-45,48,50-73H2,1-3H3/b10-7-,12-9-,19-16-,20-17-,21-18-,28-25-,29-26-,30-27-,35-34-,38-37-,41-40-,47-43-,49-46-. The summed E-state index contributed by atoms with van der Waals surface area (Å²) in [5, 5.41) is 0. The van der Waals surface area contributed by atoms with Crippen molar-refractivity contribution >= 4 is 17.9 Å². The summed E-state index contributed by atoms with van der Waals surface area (Å²) in [7, 11) is 0. The summed E-state index contributed by atoms with van der Waals surface area (Å²) in [6, 6.07) is 0. The fraction of sp³-hybridized carbons (Fsp3) is 0.623. The summed E-state index contributed by atoms with van der Waals surface area (Å²) < 4.78 is 17.0. The molecular weight excluding hydrogens is 1020 g/mol. The average molecular weight is 1150 g/mol. The number of unbranched alkanes of at least 4 members (excludes halogenated alkanes) is 23. The van der Waals surface area contributed by atoms with Gasteiger partial charge in [-0.05, 0) is 148 Å². The van der Waals surface area contributed by atoms with E-state index in [4.69, 9.17) is 14.2 Å². The lowest BCUT2D eigenvalue weighted by Crippen LogP contribution is -2.30. The van der Waals surface area contributed by atoms with Gasteiger partial charge in [-0.1, -0.05) is 281 Å². The SMILES string of the molecule is CC/C=C\C/C=C\C/C=C\C/C=C\C/C=C\C/C=C\C/C=C\CCCCCCCC(=O)OCC(COC(=O)CCCCCCCCCCC/C=C\C/C=C\CCCCC)OC(=O)CCCCCCCC/C=C\C/C=C\C/C=C\C/C=C\CC. The van der Waals surface area contributed by atoms with Crippen LogP contribution in [0.25, 0.3) is 0 Å². The van der Waals surface area contributed by atoms with E-state index in [1.165, 1.54) is 83.5 Å². The smallest absolute Gasteiger partial charge is 0.306 e. The van der Waals surface area contributed by atoms with Crippen molar-refractivity contribution in [3.63, 3.8) is 0 Å². The first-order valence-corrected chi connectivity index (χ1v) is 34.0. The predicted molar refractivity (Wildman–Crippen MR) is 362 cm³/mol. The summed E-state index contributed by atoms with van der Waals surface area (Å²) in [4.78, 5) is 38.5. The molecule has 0 heterocycles. The topological polar surface area (TPSA) is 78.9 Å². The number of allylic oxidation sites excluding steroid dienone is 26. The maximum absolute atomic E-state index is 12.9. The third-order valence-electron chi connectivity index (χ3n) is 14.0. The van der Waals surface area contributed by atoms with Crippen LogP contribution in [0.15, 0.2) is 158 Å². The zero-order valence-corrected chi connectivity index (χ0v) is 53.7. The van der Waals surface area contributed by atoms with E-state index in [1.807, 2.05) is 0 Å². The van der Waals surface area contributed by atoms with Crippen LogP contribution in [0.1, 0.15) is 290 Å². The van der Waals surface area contributed by atoms with Crippen LogP contribution in [0.2, 0.25) is 0 Å². The Kier molecular flexibility index (Phi) is 65.4. The molecule has 0 saturated heterocycles. The molecule has 0 spiro atoms. The first-order valence-electron chi connectivity index (χ1n) is 34.0. The minimum Gasteiger partial charge on any atom is -0.462 e. The Labute approximate surface area is 511 Å². The molecule has 0 aliphatic heterocycles. The van der Waals surface area contributed by atoms with Gasteiger partial charge in [0.1, 0.15) is 13.2 Å². The third-order valence-corrected chi connectivity index (χ3v) is 14.0. The van der Waals surface area contributed by atoms with E-state index >= 15 is 0 Å². The van der Waals surface area contributed by atoms with Gasteiger partial charge in [-0.25, -0.2) is 0 Å². The minimum absolute atomic E-state index is 0.0983. The molecular formula is C77H124O6. The maximum atomic E-state index is 12.9. The zero-order valence-electron chi connectivity index (χ0n) is 53.7. The number of esters is 3. The van der Waals surface area contributed by atoms with Gasteiger partial charge < -0.3 is 14.2 Å². The molecule has 0 N–H and O–H groups in total. The Hall–Kier alpha value is -4.97. The van der Waals surface area contributed by atoms with Crippen LogP contribution in [0.5, 0.6) is 0 Å². The summed E-state index contributed by atoms with van der Waals surface area (Å²) in [5.41, 5.74) is 0. The fourth-order valence-electron chi connectivity index (χ4n) is 8.97. The minimum atomic E-state index is -0.806. The molecule has 0 aromatic rings. The molecule has 0 radical (unpaired) electrons. The number of ether oxygens (including phenoxy) is 3. The van der Waals surface area contributed by atoms with Gasteiger partial charge >= 0.3 is 17.9 Å². The zero-order chi connectivity index (χ0) is 59.9. The van der Waals surface area contributed by atoms with Crippen molar-refractivity contribution in [1.29, 1.82) is 0 Å². The van der Waals surface area contributed by atoms with Crippen LogP contribution < -0.4 is 0 Å². The second kappa shape index (κ2) is 69.5. The van der Waals surface area contributed by atoms with Gasteiger partial charge in [-0.15, -0.1) is 0 Å². The maximum Gasteiger partial charge on any atom is 0.306 e. The molecule has 0 amide bonds. The Morgan fingerprint density at radius 1 is 0.253 bits per heavy atom. The highest BCUT2D eigenvalue weighted by atomic mass is 16.6. The highest BCUT2D eigenvalue weighted by molar-refractivity contribution is 5.71. The molecule has 1 unspecified atom stereocenters. The predicted octanol–water partition coefficient (Wildman–Crippen LogP) is 23.7. The fourth-order valence-corrected chi connectivity index (χ4v) is 8.97. The molecule has 6 heteroatoms. The van der Waals surface area contributed by atoms with Crippen molar-refractivity contribution in [3.05, 3.63) is 158 Å². The van der Waals surface area contributed by atoms with Crippen molar-refractivity contribution < 1.29 is 28.6 Å². The normalized spacial score (nSPS) is 13.1. The molecule has 1 atom stereocenters. The Balaban J connectivity index is 4.47. The van der Waals surface area contributed by atoms with Crippen LogP contribution in [0, 0.1) is 0 Å². The monoisotopic (exact) mass is 1140 g/mol. The van der Waals surface area contributed by atoms with Gasteiger partial charge in [0.05, 0.1) is 0 Å². The van der Waals surface area contributed by atoms with Crippen molar-refractivity contribution in [2.45, 2.75) is 297 Å². The van der Waals surface area contributed by atoms with Gasteiger partial charge in [0.25, 0.3) is 0 Å². The lowest BCUT2D eigenvalue weighted by Gasteiger charge is -2.18. The first-order chi connectivity index (χ1) is 41.0. The molecule has 0 aromatic carbocycles. The lowest BCUT2D eigenvalue weighted by molar-refractivity contribution is -0.167. The van der Waals surface area contributed by atoms with Crippen molar-refractivity contribution in [2.24, 2.45) is 0 Å². The molecule has 0 aliphatic rings. The van der Waals surface area contributed by atoms with Crippen molar-refractivity contribution in [3.8, 4) is 0 Å². The van der Waals surface area contributed by atoms with Gasteiger partial charge in [0.15, 0.2) is 6.10 Å². The van der Waals surface area contributed by atoms with E-state index in [0.29, 0.717) is 19.3 Å². The number of carbonyl (C=O) groups excluding carboxylic acids is 3. The van der Waals surface area contributed by atoms with E-state index < -0.39 is 6.10 Å². The molecule has 0 aromatic heterocycles. The summed E-state index contributed by atoms with van der Waals surface area (Å²) in [6.45, 7) is 6.37. The average Bonchev–Trinajstić information content (AvgIpc) is 3.50. The number of hydrogen-bond donors (Lipinski definition) is 0. The summed E-state index contributed by atoms with van der Waals surface area (Å²) in [6.07, 6.45) is 101. The van der Waals surface area contributed by atoms with Gasteiger partial charge in [0.2, 0.25) is 0 Å². The van der Waals surface area contributed by atoms with E-state index in [2.05, 4.69) is 179 Å². The van der Waals surface area contributed by atoms with Crippen LogP contribution in [-0.2, 0) is 28.6 Å². The van der Waals surface area contributed by atoms with E-state index in [-0.39, 0.29) is 31.1 Å². The van der Waals surface area contributed by atoms with Crippen molar-refractivity contribution in [2.75, 3.05) is 13.2 Å². The molecule has 6 nitrogen and oxygen atoms in total. The Bertz CT molecular complexity index is 1840.